The molecule has 26 heavy (non-hydrogen) atoms. The zero-order chi connectivity index (χ0) is 18.8. The Morgan fingerprint density at radius 2 is 1.73 bits per heavy atom. The fraction of sp³-hybridized carbons (Fsp3) is 0.120. The molecular weight excluding hydrogens is 314 g/mol. The second-order valence-corrected chi connectivity index (χ2v) is 6.33. The second kappa shape index (κ2) is 10.0. The minimum absolute atomic E-state index is 0.720. The molecule has 0 amide bonds. The molecule has 0 radical (unpaired) electrons. The van der Waals surface area contributed by atoms with Crippen molar-refractivity contribution in [2.75, 3.05) is 0 Å². The first kappa shape index (κ1) is 19.3. The number of nitrogens with two attached hydrogens (primary N) is 1. The fourth-order valence-electron chi connectivity index (χ4n) is 2.45. The van der Waals surface area contributed by atoms with Crippen molar-refractivity contribution < 1.29 is 0 Å². The molecule has 1 nitrogen and oxygen atoms in total. The van der Waals surface area contributed by atoms with Gasteiger partial charge in [0.2, 0.25) is 0 Å². The average Bonchev–Trinajstić information content (AvgIpc) is 2.67. The van der Waals surface area contributed by atoms with Crippen molar-refractivity contribution in [2.24, 2.45) is 5.73 Å². The van der Waals surface area contributed by atoms with Crippen LogP contribution in [0, 0.1) is 6.92 Å². The molecule has 0 saturated carbocycles. The van der Waals surface area contributed by atoms with Crippen LogP contribution in [0.1, 0.15) is 23.6 Å². The molecule has 0 heterocycles. The predicted molar refractivity (Wildman–Crippen MR) is 115 cm³/mol. The highest BCUT2D eigenvalue weighted by Crippen LogP contribution is 2.18. The number of hydrogen-bond acceptors (Lipinski definition) is 1. The second-order valence-electron chi connectivity index (χ2n) is 6.33. The van der Waals surface area contributed by atoms with E-state index in [1.54, 1.807) is 0 Å². The van der Waals surface area contributed by atoms with E-state index in [-0.39, 0.29) is 0 Å². The molecule has 0 atom stereocenters. The van der Waals surface area contributed by atoms with E-state index in [2.05, 4.69) is 56.0 Å². The molecular formula is C25H27N. The van der Waals surface area contributed by atoms with Gasteiger partial charge in [-0.2, -0.15) is 0 Å². The Morgan fingerprint density at radius 3 is 2.38 bits per heavy atom. The normalized spacial score (nSPS) is 13.2. The molecule has 0 saturated heterocycles. The number of benzene rings is 2. The van der Waals surface area contributed by atoms with Crippen LogP contribution in [0.3, 0.4) is 0 Å². The van der Waals surface area contributed by atoms with E-state index in [0.29, 0.717) is 0 Å². The predicted octanol–water partition coefficient (Wildman–Crippen LogP) is 6.15. The summed E-state index contributed by atoms with van der Waals surface area (Å²) in [5.41, 5.74) is 12.9. The maximum atomic E-state index is 6.21. The van der Waals surface area contributed by atoms with Crippen LogP contribution >= 0.6 is 0 Å². The molecule has 0 aliphatic carbocycles. The lowest BCUT2D eigenvalue weighted by atomic mass is 10.0. The molecule has 0 spiro atoms. The largest absolute Gasteiger partial charge is 0.399 e. The zero-order valence-corrected chi connectivity index (χ0v) is 15.7. The van der Waals surface area contributed by atoms with E-state index in [1.165, 1.54) is 11.1 Å². The van der Waals surface area contributed by atoms with Gasteiger partial charge in [0, 0.05) is 5.70 Å². The van der Waals surface area contributed by atoms with E-state index in [0.717, 1.165) is 28.8 Å². The molecule has 0 aliphatic heterocycles. The standard InChI is InChI=1S/C25H27N/c1-4-20(2)9-8-12-25(26)19-24(23-10-6-5-7-11-23)18-17-22-15-13-21(3)14-16-22/h4-16,18-19H,1,17,26H2,2-3H3/b12-8+,20-9-,24-18+,25-19-. The summed E-state index contributed by atoms with van der Waals surface area (Å²) < 4.78 is 0. The Labute approximate surface area is 157 Å². The topological polar surface area (TPSA) is 26.0 Å². The fourth-order valence-corrected chi connectivity index (χ4v) is 2.45. The lowest BCUT2D eigenvalue weighted by Crippen LogP contribution is -1.94. The molecule has 0 unspecified atom stereocenters. The van der Waals surface area contributed by atoms with E-state index in [4.69, 9.17) is 5.73 Å². The van der Waals surface area contributed by atoms with Gasteiger partial charge >= 0.3 is 0 Å². The molecule has 0 aromatic heterocycles. The van der Waals surface area contributed by atoms with Gasteiger partial charge in [-0.1, -0.05) is 96.6 Å². The molecule has 2 aromatic rings. The van der Waals surface area contributed by atoms with E-state index < -0.39 is 0 Å². The Morgan fingerprint density at radius 1 is 1.04 bits per heavy atom. The van der Waals surface area contributed by atoms with Gasteiger partial charge in [-0.05, 0) is 49.1 Å². The van der Waals surface area contributed by atoms with Gasteiger partial charge in [0.1, 0.15) is 0 Å². The van der Waals surface area contributed by atoms with Gasteiger partial charge in [0.15, 0.2) is 0 Å². The van der Waals surface area contributed by atoms with E-state index in [1.807, 2.05) is 55.5 Å². The zero-order valence-electron chi connectivity index (χ0n) is 15.7. The number of allylic oxidation sites excluding steroid dienone is 8. The summed E-state index contributed by atoms with van der Waals surface area (Å²) in [6.45, 7) is 7.86. The summed E-state index contributed by atoms with van der Waals surface area (Å²) in [7, 11) is 0. The summed E-state index contributed by atoms with van der Waals surface area (Å²) in [6, 6.07) is 19.0. The van der Waals surface area contributed by atoms with Crippen LogP contribution in [0.5, 0.6) is 0 Å². The van der Waals surface area contributed by atoms with Crippen LogP contribution in [0.15, 0.2) is 109 Å². The van der Waals surface area contributed by atoms with Crippen molar-refractivity contribution in [2.45, 2.75) is 20.3 Å². The molecule has 2 N–H and O–H groups in total. The number of hydrogen-bond donors (Lipinski definition) is 1. The van der Waals surface area contributed by atoms with Crippen molar-refractivity contribution in [1.82, 2.24) is 0 Å². The van der Waals surface area contributed by atoms with Crippen LogP contribution in [0.4, 0.5) is 0 Å². The third-order valence-electron chi connectivity index (χ3n) is 4.08. The maximum Gasteiger partial charge on any atom is 0.0320 e. The van der Waals surface area contributed by atoms with Gasteiger partial charge in [-0.3, -0.25) is 0 Å². The van der Waals surface area contributed by atoms with Gasteiger partial charge in [0.25, 0.3) is 0 Å². The molecule has 0 bridgehead atoms. The Hall–Kier alpha value is -3.06. The molecule has 0 fully saturated rings. The minimum atomic E-state index is 0.720. The Bertz CT molecular complexity index is 831. The monoisotopic (exact) mass is 341 g/mol. The van der Waals surface area contributed by atoms with Crippen molar-refractivity contribution in [1.29, 1.82) is 0 Å². The van der Waals surface area contributed by atoms with Crippen LogP contribution in [0.2, 0.25) is 0 Å². The lowest BCUT2D eigenvalue weighted by Gasteiger charge is -2.05. The van der Waals surface area contributed by atoms with Gasteiger partial charge < -0.3 is 5.73 Å². The first-order valence-electron chi connectivity index (χ1n) is 8.84. The molecule has 2 aromatic carbocycles. The van der Waals surface area contributed by atoms with Crippen molar-refractivity contribution in [3.05, 3.63) is 126 Å². The number of rotatable bonds is 7. The van der Waals surface area contributed by atoms with E-state index in [9.17, 15) is 0 Å². The molecule has 132 valence electrons. The van der Waals surface area contributed by atoms with Gasteiger partial charge in [-0.15, -0.1) is 0 Å². The summed E-state index contributed by atoms with van der Waals surface area (Å²) >= 11 is 0. The molecule has 2 rings (SSSR count). The quantitative estimate of drug-likeness (QED) is 0.600. The smallest absolute Gasteiger partial charge is 0.0320 e. The van der Waals surface area contributed by atoms with Crippen LogP contribution in [-0.4, -0.2) is 0 Å². The highest BCUT2D eigenvalue weighted by molar-refractivity contribution is 5.75. The average molecular weight is 341 g/mol. The van der Waals surface area contributed by atoms with Crippen molar-refractivity contribution in [3.63, 3.8) is 0 Å². The summed E-state index contributed by atoms with van der Waals surface area (Å²) in [5.74, 6) is 0. The van der Waals surface area contributed by atoms with Crippen molar-refractivity contribution >= 4 is 5.57 Å². The van der Waals surface area contributed by atoms with Gasteiger partial charge in [0.05, 0.1) is 0 Å². The summed E-state index contributed by atoms with van der Waals surface area (Å²) in [4.78, 5) is 0. The first-order chi connectivity index (χ1) is 12.6. The molecule has 1 heteroatoms. The van der Waals surface area contributed by atoms with Crippen LogP contribution < -0.4 is 5.73 Å². The highest BCUT2D eigenvalue weighted by Gasteiger charge is 1.99. The van der Waals surface area contributed by atoms with E-state index >= 15 is 0 Å². The third kappa shape index (κ3) is 6.45. The Balaban J connectivity index is 2.26. The SMILES string of the molecule is C=C\C(C)=C/C=C/C(N)=C/C(=C\Cc1ccc(C)cc1)c1ccccc1. The highest BCUT2D eigenvalue weighted by atomic mass is 14.6. The van der Waals surface area contributed by atoms with Crippen LogP contribution in [-0.2, 0) is 6.42 Å². The minimum Gasteiger partial charge on any atom is -0.399 e. The van der Waals surface area contributed by atoms with Crippen molar-refractivity contribution in [3.8, 4) is 0 Å². The summed E-state index contributed by atoms with van der Waals surface area (Å²) in [6.07, 6.45) is 12.8. The van der Waals surface area contributed by atoms with Gasteiger partial charge in [-0.25, -0.2) is 0 Å². The first-order valence-corrected chi connectivity index (χ1v) is 8.84. The van der Waals surface area contributed by atoms with Crippen LogP contribution in [0.25, 0.3) is 5.57 Å². The number of aryl methyl sites for hydroxylation is 1. The maximum absolute atomic E-state index is 6.21. The summed E-state index contributed by atoms with van der Waals surface area (Å²) in [5, 5.41) is 0. The Kier molecular flexibility index (Phi) is 7.45. The third-order valence-corrected chi connectivity index (χ3v) is 4.08. The molecule has 0 aliphatic rings. The lowest BCUT2D eigenvalue weighted by molar-refractivity contribution is 1.26.